The molecule has 2 aromatic rings. The molecule has 0 aliphatic carbocycles. The number of rotatable bonds is 8. The van der Waals surface area contributed by atoms with Crippen LogP contribution < -0.4 is 10.6 Å². The zero-order valence-corrected chi connectivity index (χ0v) is 18.8. The maximum absolute atomic E-state index is 12.9. The van der Waals surface area contributed by atoms with Crippen molar-refractivity contribution in [3.8, 4) is 0 Å². The highest BCUT2D eigenvalue weighted by atomic mass is 32.2. The molecule has 0 spiro atoms. The van der Waals surface area contributed by atoms with E-state index in [9.17, 15) is 13.2 Å². The van der Waals surface area contributed by atoms with E-state index in [-0.39, 0.29) is 16.8 Å². The second kappa shape index (κ2) is 9.66. The fourth-order valence-corrected chi connectivity index (χ4v) is 5.24. The van der Waals surface area contributed by atoms with Gasteiger partial charge in [-0.2, -0.15) is 4.31 Å². The molecule has 0 saturated carbocycles. The van der Waals surface area contributed by atoms with Crippen LogP contribution in [0.4, 0.5) is 5.69 Å². The molecule has 0 bridgehead atoms. The number of aryl methyl sites for hydroxylation is 1. The highest BCUT2D eigenvalue weighted by molar-refractivity contribution is 7.89. The summed E-state index contributed by atoms with van der Waals surface area (Å²) in [5.41, 5.74) is 1.34. The molecule has 1 aromatic heterocycles. The van der Waals surface area contributed by atoms with Gasteiger partial charge in [0, 0.05) is 44.6 Å². The minimum atomic E-state index is -3.56. The van der Waals surface area contributed by atoms with Crippen LogP contribution in [0.1, 0.15) is 43.6 Å². The Balaban J connectivity index is 1.68. The number of anilines is 1. The zero-order chi connectivity index (χ0) is 21.7. The minimum absolute atomic E-state index is 0.0492. The van der Waals surface area contributed by atoms with E-state index in [2.05, 4.69) is 24.5 Å². The van der Waals surface area contributed by atoms with Gasteiger partial charge in [0.2, 0.25) is 10.0 Å². The van der Waals surface area contributed by atoms with Gasteiger partial charge in [0.25, 0.3) is 5.91 Å². The smallest absolute Gasteiger partial charge is 0.268 e. The Bertz CT molecular complexity index is 948. The van der Waals surface area contributed by atoms with Crippen LogP contribution in [-0.2, 0) is 17.1 Å². The van der Waals surface area contributed by atoms with Crippen LogP contribution in [0.25, 0.3) is 0 Å². The highest BCUT2D eigenvalue weighted by Gasteiger charge is 2.28. The molecule has 3 rings (SSSR count). The average molecular weight is 433 g/mol. The molecule has 7 nitrogen and oxygen atoms in total. The van der Waals surface area contributed by atoms with E-state index in [1.54, 1.807) is 11.6 Å². The van der Waals surface area contributed by atoms with Crippen LogP contribution >= 0.6 is 0 Å². The van der Waals surface area contributed by atoms with Crippen molar-refractivity contribution in [2.24, 2.45) is 13.0 Å². The molecule has 1 aliphatic heterocycles. The largest absolute Gasteiger partial charge is 0.380 e. The van der Waals surface area contributed by atoms with E-state index < -0.39 is 10.0 Å². The van der Waals surface area contributed by atoms with Crippen LogP contribution in [0, 0.1) is 5.92 Å². The predicted molar refractivity (Wildman–Crippen MR) is 119 cm³/mol. The molecule has 1 amide bonds. The summed E-state index contributed by atoms with van der Waals surface area (Å²) in [7, 11) is -1.86. The van der Waals surface area contributed by atoms with Crippen molar-refractivity contribution in [3.05, 3.63) is 48.3 Å². The molecule has 1 fully saturated rings. The van der Waals surface area contributed by atoms with E-state index in [4.69, 9.17) is 0 Å². The van der Waals surface area contributed by atoms with E-state index in [0.717, 1.165) is 24.9 Å². The van der Waals surface area contributed by atoms with Crippen molar-refractivity contribution in [1.82, 2.24) is 14.2 Å². The molecular weight excluding hydrogens is 400 g/mol. The molecule has 30 heavy (non-hydrogen) atoms. The van der Waals surface area contributed by atoms with Gasteiger partial charge < -0.3 is 15.2 Å². The van der Waals surface area contributed by atoms with E-state index in [1.165, 1.54) is 16.6 Å². The van der Waals surface area contributed by atoms with E-state index in [1.807, 2.05) is 30.3 Å². The van der Waals surface area contributed by atoms with Crippen molar-refractivity contribution in [3.63, 3.8) is 0 Å². The SMILES string of the molecule is CC(C)C(CNC(=O)c1cc(S(=O)(=O)N2CCCCC2)cn1C)Nc1ccccc1. The number of amides is 1. The molecule has 1 saturated heterocycles. The Hall–Kier alpha value is -2.32. The Morgan fingerprint density at radius 2 is 1.77 bits per heavy atom. The van der Waals surface area contributed by atoms with Crippen molar-refractivity contribution in [2.45, 2.75) is 44.0 Å². The van der Waals surface area contributed by atoms with Crippen molar-refractivity contribution < 1.29 is 13.2 Å². The molecule has 0 radical (unpaired) electrons. The number of carbonyl (C=O) groups is 1. The molecular formula is C22H32N4O3S. The molecule has 164 valence electrons. The van der Waals surface area contributed by atoms with Crippen molar-refractivity contribution in [2.75, 3.05) is 25.0 Å². The first-order chi connectivity index (χ1) is 14.3. The minimum Gasteiger partial charge on any atom is -0.380 e. The lowest BCUT2D eigenvalue weighted by molar-refractivity contribution is 0.0942. The quantitative estimate of drug-likeness (QED) is 0.672. The highest BCUT2D eigenvalue weighted by Crippen LogP contribution is 2.22. The summed E-state index contributed by atoms with van der Waals surface area (Å²) in [6.07, 6.45) is 4.35. The van der Waals surface area contributed by atoms with Crippen molar-refractivity contribution in [1.29, 1.82) is 0 Å². The lowest BCUT2D eigenvalue weighted by atomic mass is 10.0. The number of carbonyl (C=O) groups excluding carboxylic acids is 1. The number of aromatic nitrogens is 1. The number of sulfonamides is 1. The van der Waals surface area contributed by atoms with Gasteiger partial charge in [0.15, 0.2) is 0 Å². The molecule has 1 aliphatic rings. The van der Waals surface area contributed by atoms with Crippen LogP contribution in [0.5, 0.6) is 0 Å². The number of benzene rings is 1. The molecule has 2 heterocycles. The lowest BCUT2D eigenvalue weighted by Crippen LogP contribution is -2.40. The topological polar surface area (TPSA) is 83.4 Å². The maximum atomic E-state index is 12.9. The third-order valence-electron chi connectivity index (χ3n) is 5.58. The first-order valence-electron chi connectivity index (χ1n) is 10.6. The standard InChI is InChI=1S/C22H32N4O3S/c1-17(2)20(24-18-10-6-4-7-11-18)15-23-22(27)21-14-19(16-25(21)3)30(28,29)26-12-8-5-9-13-26/h4,6-7,10-11,14,16-17,20,24H,5,8-9,12-13,15H2,1-3H3,(H,23,27). The van der Waals surface area contributed by atoms with Gasteiger partial charge in [-0.15, -0.1) is 0 Å². The zero-order valence-electron chi connectivity index (χ0n) is 18.0. The lowest BCUT2D eigenvalue weighted by Gasteiger charge is -2.25. The van der Waals surface area contributed by atoms with Gasteiger partial charge in [-0.1, -0.05) is 38.5 Å². The Morgan fingerprint density at radius 1 is 1.10 bits per heavy atom. The second-order valence-electron chi connectivity index (χ2n) is 8.21. The number of para-hydroxylation sites is 1. The Labute approximate surface area is 179 Å². The summed E-state index contributed by atoms with van der Waals surface area (Å²) < 4.78 is 28.9. The molecule has 2 N–H and O–H groups in total. The maximum Gasteiger partial charge on any atom is 0.268 e. The van der Waals surface area contributed by atoms with Crippen molar-refractivity contribution >= 4 is 21.6 Å². The van der Waals surface area contributed by atoms with Crippen LogP contribution in [0.3, 0.4) is 0 Å². The van der Waals surface area contributed by atoms with Gasteiger partial charge in [0.1, 0.15) is 10.6 Å². The van der Waals surface area contributed by atoms with Gasteiger partial charge in [-0.3, -0.25) is 4.79 Å². The first-order valence-corrected chi connectivity index (χ1v) is 12.0. The molecule has 1 atom stereocenters. The Kier molecular flexibility index (Phi) is 7.20. The summed E-state index contributed by atoms with van der Waals surface area (Å²) >= 11 is 0. The van der Waals surface area contributed by atoms with E-state index in [0.29, 0.717) is 31.2 Å². The fourth-order valence-electron chi connectivity index (χ4n) is 3.65. The van der Waals surface area contributed by atoms with Gasteiger partial charge in [0.05, 0.1) is 0 Å². The monoisotopic (exact) mass is 432 g/mol. The molecule has 1 unspecified atom stereocenters. The molecule has 1 aromatic carbocycles. The van der Waals surface area contributed by atoms with Crippen LogP contribution in [0.2, 0.25) is 0 Å². The third kappa shape index (κ3) is 5.23. The number of nitrogens with zero attached hydrogens (tertiary/aromatic N) is 2. The van der Waals surface area contributed by atoms with Crippen LogP contribution in [0.15, 0.2) is 47.5 Å². The summed E-state index contributed by atoms with van der Waals surface area (Å²) in [6, 6.07) is 11.4. The summed E-state index contributed by atoms with van der Waals surface area (Å²) in [5.74, 6) is 0.0204. The number of nitrogens with one attached hydrogen (secondary N) is 2. The normalized spacial score (nSPS) is 16.4. The Morgan fingerprint density at radius 3 is 2.40 bits per heavy atom. The molecule has 8 heteroatoms. The number of hydrogen-bond acceptors (Lipinski definition) is 4. The first kappa shape index (κ1) is 22.4. The number of piperidine rings is 1. The van der Waals surface area contributed by atoms with Gasteiger partial charge in [-0.05, 0) is 37.0 Å². The van der Waals surface area contributed by atoms with Gasteiger partial charge >= 0.3 is 0 Å². The third-order valence-corrected chi connectivity index (χ3v) is 7.44. The number of hydrogen-bond donors (Lipinski definition) is 2. The van der Waals surface area contributed by atoms with Gasteiger partial charge in [-0.25, -0.2) is 8.42 Å². The second-order valence-corrected chi connectivity index (χ2v) is 10.1. The fraction of sp³-hybridized carbons (Fsp3) is 0.500. The summed E-state index contributed by atoms with van der Waals surface area (Å²) in [4.78, 5) is 13.0. The summed E-state index contributed by atoms with van der Waals surface area (Å²) in [5, 5.41) is 6.40. The van der Waals surface area contributed by atoms with Crippen LogP contribution in [-0.4, -0.2) is 48.9 Å². The average Bonchev–Trinajstić information content (AvgIpc) is 3.14. The summed E-state index contributed by atoms with van der Waals surface area (Å²) in [6.45, 7) is 5.71. The predicted octanol–water partition coefficient (Wildman–Crippen LogP) is 3.07. The van der Waals surface area contributed by atoms with E-state index >= 15 is 0 Å².